The minimum absolute atomic E-state index is 0.0284. The van der Waals surface area contributed by atoms with Gasteiger partial charge in [0.05, 0.1) is 0 Å². The average Bonchev–Trinajstić information content (AvgIpc) is 2.46. The van der Waals surface area contributed by atoms with E-state index in [1.54, 1.807) is 0 Å². The summed E-state index contributed by atoms with van der Waals surface area (Å²) in [7, 11) is 4.13. The van der Waals surface area contributed by atoms with E-state index < -0.39 is 0 Å². The van der Waals surface area contributed by atoms with Gasteiger partial charge in [-0.15, -0.1) is 0 Å². The van der Waals surface area contributed by atoms with Gasteiger partial charge in [-0.05, 0) is 46.1 Å². The molecule has 0 spiro atoms. The highest BCUT2D eigenvalue weighted by Gasteiger charge is 2.22. The number of hydrogen-bond acceptors (Lipinski definition) is 4. The molecule has 0 bridgehead atoms. The zero-order valence-corrected chi connectivity index (χ0v) is 12.5. The summed E-state index contributed by atoms with van der Waals surface area (Å²) in [6.45, 7) is 5.25. The highest BCUT2D eigenvalue weighted by atomic mass is 16.2. The molecule has 0 radical (unpaired) electrons. The van der Waals surface area contributed by atoms with Crippen molar-refractivity contribution in [3.8, 4) is 0 Å². The van der Waals surface area contributed by atoms with E-state index in [-0.39, 0.29) is 17.6 Å². The number of hydrogen-bond donors (Lipinski definition) is 0. The van der Waals surface area contributed by atoms with Gasteiger partial charge in [-0.1, -0.05) is 0 Å². The lowest BCUT2D eigenvalue weighted by molar-refractivity contribution is -0.128. The van der Waals surface area contributed by atoms with E-state index in [1.807, 2.05) is 4.90 Å². The number of piperidine rings is 1. The first-order valence-corrected chi connectivity index (χ1v) is 7.44. The van der Waals surface area contributed by atoms with E-state index >= 15 is 0 Å². The van der Waals surface area contributed by atoms with Crippen molar-refractivity contribution in [2.45, 2.75) is 12.8 Å². The van der Waals surface area contributed by atoms with Gasteiger partial charge < -0.3 is 14.7 Å². The first-order valence-electron chi connectivity index (χ1n) is 7.44. The van der Waals surface area contributed by atoms with E-state index in [2.05, 4.69) is 23.9 Å². The summed E-state index contributed by atoms with van der Waals surface area (Å²) < 4.78 is 0. The number of amides is 1. The number of likely N-dealkylation sites (N-methyl/N-ethyl adjacent to an activating group) is 1. The molecule has 0 atom stereocenters. The van der Waals surface area contributed by atoms with Gasteiger partial charge in [-0.2, -0.15) is 0 Å². The highest BCUT2D eigenvalue weighted by Crippen LogP contribution is 2.17. The molecular formula is C15H25N3O2. The third-order valence-electron chi connectivity index (χ3n) is 4.33. The fourth-order valence-electron chi connectivity index (χ4n) is 2.71. The van der Waals surface area contributed by atoms with E-state index in [1.165, 1.54) is 12.2 Å². The molecule has 2 rings (SSSR count). The maximum Gasteiger partial charge on any atom is 0.246 e. The number of likely N-dealkylation sites (tertiary alicyclic amines) is 1. The summed E-state index contributed by atoms with van der Waals surface area (Å²) in [5, 5.41) is 0. The largest absolute Gasteiger partial charge is 0.337 e. The Bertz CT molecular complexity index is 343. The average molecular weight is 279 g/mol. The number of carbonyl (C=O) groups excluding carboxylic acids is 2. The maximum atomic E-state index is 12.1. The molecular weight excluding hydrogens is 254 g/mol. The predicted octanol–water partition coefficient (Wildman–Crippen LogP) is 0.228. The van der Waals surface area contributed by atoms with Crippen molar-refractivity contribution in [3.05, 3.63) is 12.2 Å². The van der Waals surface area contributed by atoms with Crippen LogP contribution in [0.4, 0.5) is 0 Å². The molecule has 5 heteroatoms. The van der Waals surface area contributed by atoms with Crippen molar-refractivity contribution < 1.29 is 9.59 Å². The first kappa shape index (κ1) is 15.2. The molecule has 2 fully saturated rings. The molecule has 0 aliphatic carbocycles. The van der Waals surface area contributed by atoms with Crippen molar-refractivity contribution in [3.63, 3.8) is 0 Å². The summed E-state index contributed by atoms with van der Waals surface area (Å²) in [4.78, 5) is 30.3. The van der Waals surface area contributed by atoms with E-state index in [9.17, 15) is 9.59 Å². The SMILES string of the molecule is CN1CCC(C(=O)C=CC(=O)N2CCN(C)CC2)CC1. The maximum absolute atomic E-state index is 12.1. The number of piperazine rings is 1. The Balaban J connectivity index is 1.79. The van der Waals surface area contributed by atoms with Gasteiger partial charge in [0.1, 0.15) is 0 Å². The van der Waals surface area contributed by atoms with Crippen LogP contribution in [0.25, 0.3) is 0 Å². The lowest BCUT2D eigenvalue weighted by Crippen LogP contribution is -2.46. The van der Waals surface area contributed by atoms with Crippen LogP contribution in [-0.2, 0) is 9.59 Å². The minimum atomic E-state index is -0.0284. The summed E-state index contributed by atoms with van der Waals surface area (Å²) >= 11 is 0. The Labute approximate surface area is 121 Å². The summed E-state index contributed by atoms with van der Waals surface area (Å²) in [6, 6.07) is 0. The first-order chi connectivity index (χ1) is 9.56. The van der Waals surface area contributed by atoms with Gasteiger partial charge in [0.15, 0.2) is 5.78 Å². The quantitative estimate of drug-likeness (QED) is 0.694. The van der Waals surface area contributed by atoms with E-state index in [4.69, 9.17) is 0 Å². The molecule has 20 heavy (non-hydrogen) atoms. The van der Waals surface area contributed by atoms with Crippen LogP contribution in [0.2, 0.25) is 0 Å². The monoisotopic (exact) mass is 279 g/mol. The fourth-order valence-corrected chi connectivity index (χ4v) is 2.71. The normalized spacial score (nSPS) is 23.4. The standard InChI is InChI=1S/C15H25N3O2/c1-16-7-5-13(6-8-16)14(19)3-4-15(20)18-11-9-17(2)10-12-18/h3-4,13H,5-12H2,1-2H3. The molecule has 112 valence electrons. The lowest BCUT2D eigenvalue weighted by Gasteiger charge is -2.31. The molecule has 0 aromatic carbocycles. The fraction of sp³-hybridized carbons (Fsp3) is 0.733. The lowest BCUT2D eigenvalue weighted by atomic mass is 9.92. The number of nitrogens with zero attached hydrogens (tertiary/aromatic N) is 3. The summed E-state index contributed by atoms with van der Waals surface area (Å²) in [5.41, 5.74) is 0. The van der Waals surface area contributed by atoms with Crippen LogP contribution in [0.5, 0.6) is 0 Å². The molecule has 0 aromatic rings. The Morgan fingerprint density at radius 2 is 1.40 bits per heavy atom. The van der Waals surface area contributed by atoms with Gasteiger partial charge >= 0.3 is 0 Å². The summed E-state index contributed by atoms with van der Waals surface area (Å²) in [5.74, 6) is 0.183. The van der Waals surface area contributed by atoms with Crippen molar-refractivity contribution in [1.82, 2.24) is 14.7 Å². The van der Waals surface area contributed by atoms with Crippen molar-refractivity contribution in [2.24, 2.45) is 5.92 Å². The van der Waals surface area contributed by atoms with Gasteiger partial charge in [0, 0.05) is 38.2 Å². The molecule has 2 aliphatic rings. The third-order valence-corrected chi connectivity index (χ3v) is 4.33. The van der Waals surface area contributed by atoms with Crippen molar-refractivity contribution in [1.29, 1.82) is 0 Å². The smallest absolute Gasteiger partial charge is 0.246 e. The number of rotatable bonds is 3. The van der Waals surface area contributed by atoms with Crippen LogP contribution in [-0.4, -0.2) is 79.8 Å². The molecule has 0 saturated carbocycles. The molecule has 0 aromatic heterocycles. The minimum Gasteiger partial charge on any atom is -0.337 e. The van der Waals surface area contributed by atoms with Crippen LogP contribution in [0.3, 0.4) is 0 Å². The second-order valence-corrected chi connectivity index (χ2v) is 5.94. The van der Waals surface area contributed by atoms with Crippen LogP contribution < -0.4 is 0 Å². The Hall–Kier alpha value is -1.20. The molecule has 0 unspecified atom stereocenters. The number of allylic oxidation sites excluding steroid dienone is 1. The van der Waals surface area contributed by atoms with E-state index in [0.717, 1.165) is 52.1 Å². The van der Waals surface area contributed by atoms with Crippen molar-refractivity contribution >= 4 is 11.7 Å². The number of ketones is 1. The Morgan fingerprint density at radius 1 is 0.850 bits per heavy atom. The van der Waals surface area contributed by atoms with Gasteiger partial charge in [0.25, 0.3) is 0 Å². The molecule has 1 amide bonds. The summed E-state index contributed by atoms with van der Waals surface area (Å²) in [6.07, 6.45) is 4.77. The van der Waals surface area contributed by atoms with Gasteiger partial charge in [-0.25, -0.2) is 0 Å². The van der Waals surface area contributed by atoms with Crippen LogP contribution >= 0.6 is 0 Å². The molecule has 2 saturated heterocycles. The predicted molar refractivity (Wildman–Crippen MR) is 78.4 cm³/mol. The van der Waals surface area contributed by atoms with Gasteiger partial charge in [0.2, 0.25) is 5.91 Å². The molecule has 2 aliphatic heterocycles. The third kappa shape index (κ3) is 4.15. The molecule has 0 N–H and O–H groups in total. The zero-order valence-electron chi connectivity index (χ0n) is 12.5. The molecule has 5 nitrogen and oxygen atoms in total. The topological polar surface area (TPSA) is 43.9 Å². The second-order valence-electron chi connectivity index (χ2n) is 5.94. The second kappa shape index (κ2) is 6.99. The Kier molecular flexibility index (Phi) is 5.31. The highest BCUT2D eigenvalue weighted by molar-refractivity contribution is 5.98. The zero-order chi connectivity index (χ0) is 14.5. The van der Waals surface area contributed by atoms with Crippen LogP contribution in [0.15, 0.2) is 12.2 Å². The van der Waals surface area contributed by atoms with Crippen LogP contribution in [0, 0.1) is 5.92 Å². The van der Waals surface area contributed by atoms with Crippen LogP contribution in [0.1, 0.15) is 12.8 Å². The van der Waals surface area contributed by atoms with Crippen molar-refractivity contribution in [2.75, 3.05) is 53.4 Å². The molecule has 2 heterocycles. The Morgan fingerprint density at radius 3 is 2.00 bits per heavy atom. The van der Waals surface area contributed by atoms with Gasteiger partial charge in [-0.3, -0.25) is 9.59 Å². The van der Waals surface area contributed by atoms with E-state index in [0.29, 0.717) is 0 Å². The number of carbonyl (C=O) groups is 2.